The van der Waals surface area contributed by atoms with Crippen molar-refractivity contribution in [2.45, 2.75) is 45.2 Å². The topological polar surface area (TPSA) is 101 Å². The van der Waals surface area contributed by atoms with Crippen LogP contribution >= 0.6 is 0 Å². The first-order valence-corrected chi connectivity index (χ1v) is 11.7. The van der Waals surface area contributed by atoms with E-state index in [0.29, 0.717) is 11.7 Å². The van der Waals surface area contributed by atoms with E-state index in [1.807, 2.05) is 12.1 Å². The van der Waals surface area contributed by atoms with Crippen LogP contribution in [-0.2, 0) is 11.3 Å². The maximum absolute atomic E-state index is 11.4. The molecule has 33 heavy (non-hydrogen) atoms. The Morgan fingerprint density at radius 1 is 1.12 bits per heavy atom. The molecule has 3 aromatic rings. The van der Waals surface area contributed by atoms with Crippen molar-refractivity contribution in [1.29, 1.82) is 0 Å². The summed E-state index contributed by atoms with van der Waals surface area (Å²) in [6.07, 6.45) is 5.43. The third kappa shape index (κ3) is 4.75. The van der Waals surface area contributed by atoms with E-state index in [-0.39, 0.29) is 17.9 Å². The number of nitrogens with zero attached hydrogens (tertiary/aromatic N) is 5. The van der Waals surface area contributed by atoms with E-state index in [1.165, 1.54) is 11.1 Å². The Hall–Kier alpha value is -3.26. The van der Waals surface area contributed by atoms with Gasteiger partial charge in [0.25, 0.3) is 0 Å². The molecule has 0 spiro atoms. The quantitative estimate of drug-likeness (QED) is 0.618. The monoisotopic (exact) mass is 446 g/mol. The van der Waals surface area contributed by atoms with Crippen LogP contribution in [0.3, 0.4) is 0 Å². The molecule has 5 rings (SSSR count). The highest BCUT2D eigenvalue weighted by Gasteiger charge is 2.31. The zero-order chi connectivity index (χ0) is 22.8. The van der Waals surface area contributed by atoms with Gasteiger partial charge in [-0.15, -0.1) is 0 Å². The molecule has 172 valence electrons. The number of aryl methyl sites for hydroxylation is 1. The molecule has 1 amide bonds. The third-order valence-electron chi connectivity index (χ3n) is 6.82. The fraction of sp³-hybridized carbons (Fsp3) is 0.440. The summed E-state index contributed by atoms with van der Waals surface area (Å²) in [5.74, 6) is 1.87. The van der Waals surface area contributed by atoms with Gasteiger partial charge in [-0.2, -0.15) is 4.98 Å². The number of rotatable bonds is 6. The molecule has 0 aliphatic carbocycles. The van der Waals surface area contributed by atoms with Gasteiger partial charge < -0.3 is 15.2 Å². The number of hydrogen-bond acceptors (Lipinski definition) is 7. The largest absolute Gasteiger partial charge is 0.369 e. The summed E-state index contributed by atoms with van der Waals surface area (Å²) in [5.41, 5.74) is 8.91. The van der Waals surface area contributed by atoms with E-state index in [0.717, 1.165) is 63.2 Å². The van der Waals surface area contributed by atoms with Crippen molar-refractivity contribution in [3.8, 4) is 11.4 Å². The van der Waals surface area contributed by atoms with Crippen molar-refractivity contribution in [1.82, 2.24) is 20.0 Å². The Morgan fingerprint density at radius 2 is 1.91 bits per heavy atom. The van der Waals surface area contributed by atoms with E-state index in [4.69, 9.17) is 15.2 Å². The normalized spacial score (nSPS) is 19.8. The second-order valence-corrected chi connectivity index (χ2v) is 9.14. The Morgan fingerprint density at radius 3 is 2.67 bits per heavy atom. The summed E-state index contributed by atoms with van der Waals surface area (Å²) in [4.78, 5) is 25.3. The zero-order valence-corrected chi connectivity index (χ0v) is 19.0. The minimum atomic E-state index is -0.209. The molecular weight excluding hydrogens is 416 g/mol. The van der Waals surface area contributed by atoms with Crippen molar-refractivity contribution >= 4 is 11.7 Å². The number of anilines is 1. The van der Waals surface area contributed by atoms with E-state index in [2.05, 4.69) is 51.1 Å². The molecule has 2 N–H and O–H groups in total. The van der Waals surface area contributed by atoms with Crippen LogP contribution in [0.2, 0.25) is 0 Å². The van der Waals surface area contributed by atoms with Crippen molar-refractivity contribution < 1.29 is 9.32 Å². The Balaban J connectivity index is 1.29. The second kappa shape index (κ2) is 9.31. The minimum absolute atomic E-state index is 0.0431. The number of amides is 1. The summed E-state index contributed by atoms with van der Waals surface area (Å²) < 4.78 is 5.73. The van der Waals surface area contributed by atoms with Crippen LogP contribution in [0.1, 0.15) is 48.7 Å². The van der Waals surface area contributed by atoms with Crippen molar-refractivity contribution in [3.63, 3.8) is 0 Å². The molecule has 2 saturated heterocycles. The molecule has 0 bridgehead atoms. The molecule has 8 heteroatoms. The van der Waals surface area contributed by atoms with Gasteiger partial charge in [-0.25, -0.2) is 4.98 Å². The molecule has 2 fully saturated rings. The highest BCUT2D eigenvalue weighted by molar-refractivity contribution is 5.77. The number of aromatic nitrogens is 3. The smallest absolute Gasteiger partial charge is 0.244 e. The predicted octanol–water partition coefficient (Wildman–Crippen LogP) is 3.48. The van der Waals surface area contributed by atoms with Crippen LogP contribution in [0, 0.1) is 12.8 Å². The molecule has 0 unspecified atom stereocenters. The number of carbonyl (C=O) groups excluding carboxylic acids is 1. The number of likely N-dealkylation sites (tertiary alicyclic amines) is 1. The SMILES string of the molecule is Cc1ccc(CN2CCC[C@H]2c2nc(-c3ccnc(N4CCC(C(N)=O)CC4)c3)no2)cc1. The molecule has 2 aromatic heterocycles. The van der Waals surface area contributed by atoms with Crippen LogP contribution in [0.15, 0.2) is 47.1 Å². The lowest BCUT2D eigenvalue weighted by Gasteiger charge is -2.31. The van der Waals surface area contributed by atoms with Gasteiger partial charge in [0.15, 0.2) is 0 Å². The van der Waals surface area contributed by atoms with Crippen LogP contribution in [0.4, 0.5) is 5.82 Å². The number of hydrogen-bond donors (Lipinski definition) is 1. The van der Waals surface area contributed by atoms with Crippen LogP contribution in [-0.4, -0.2) is 45.6 Å². The molecular formula is C25H30N6O2. The molecule has 1 aromatic carbocycles. The maximum atomic E-state index is 11.4. The molecule has 2 aliphatic heterocycles. The Kier molecular flexibility index (Phi) is 6.09. The van der Waals surface area contributed by atoms with E-state index >= 15 is 0 Å². The number of benzene rings is 1. The van der Waals surface area contributed by atoms with E-state index in [1.54, 1.807) is 6.20 Å². The highest BCUT2D eigenvalue weighted by Crippen LogP contribution is 2.33. The first-order chi connectivity index (χ1) is 16.1. The van der Waals surface area contributed by atoms with Gasteiger partial charge in [0.05, 0.1) is 6.04 Å². The van der Waals surface area contributed by atoms with Gasteiger partial charge in [-0.3, -0.25) is 9.69 Å². The molecule has 0 radical (unpaired) electrons. The summed E-state index contributed by atoms with van der Waals surface area (Å²) in [7, 11) is 0. The van der Waals surface area contributed by atoms with Gasteiger partial charge in [-0.05, 0) is 56.8 Å². The first kappa shape index (κ1) is 21.6. The van der Waals surface area contributed by atoms with Crippen LogP contribution in [0.5, 0.6) is 0 Å². The average molecular weight is 447 g/mol. The summed E-state index contributed by atoms with van der Waals surface area (Å²) in [6, 6.07) is 12.7. The predicted molar refractivity (Wildman–Crippen MR) is 125 cm³/mol. The number of nitrogens with two attached hydrogens (primary N) is 1. The number of primary amides is 1. The minimum Gasteiger partial charge on any atom is -0.369 e. The third-order valence-corrected chi connectivity index (χ3v) is 6.82. The van der Waals surface area contributed by atoms with Crippen LogP contribution in [0.25, 0.3) is 11.4 Å². The number of carbonyl (C=O) groups is 1. The van der Waals surface area contributed by atoms with Gasteiger partial charge in [0.2, 0.25) is 17.6 Å². The standard InChI is InChI=1S/C25H30N6O2/c1-17-4-6-18(7-5-17)16-31-12-2-3-21(31)25-28-24(29-33-25)20-8-11-27-22(15-20)30-13-9-19(10-14-30)23(26)32/h4-8,11,15,19,21H,2-3,9-10,12-14,16H2,1H3,(H2,26,32)/t21-/m0/s1. The Labute approximate surface area is 193 Å². The molecule has 8 nitrogen and oxygen atoms in total. The zero-order valence-electron chi connectivity index (χ0n) is 19.0. The lowest BCUT2D eigenvalue weighted by molar-refractivity contribution is -0.122. The van der Waals surface area contributed by atoms with E-state index < -0.39 is 0 Å². The fourth-order valence-corrected chi connectivity index (χ4v) is 4.83. The lowest BCUT2D eigenvalue weighted by atomic mass is 9.96. The summed E-state index contributed by atoms with van der Waals surface area (Å²) in [5, 5.41) is 4.29. The van der Waals surface area contributed by atoms with Crippen molar-refractivity contribution in [3.05, 3.63) is 59.6 Å². The summed E-state index contributed by atoms with van der Waals surface area (Å²) in [6.45, 7) is 5.53. The molecule has 0 saturated carbocycles. The lowest BCUT2D eigenvalue weighted by Crippen LogP contribution is -2.38. The van der Waals surface area contributed by atoms with Gasteiger partial charge in [-0.1, -0.05) is 35.0 Å². The first-order valence-electron chi connectivity index (χ1n) is 11.7. The van der Waals surface area contributed by atoms with Crippen LogP contribution < -0.4 is 10.6 Å². The number of pyridine rings is 1. The van der Waals surface area contributed by atoms with Gasteiger partial charge in [0.1, 0.15) is 5.82 Å². The fourth-order valence-electron chi connectivity index (χ4n) is 4.83. The van der Waals surface area contributed by atoms with E-state index in [9.17, 15) is 4.79 Å². The molecule has 1 atom stereocenters. The van der Waals surface area contributed by atoms with Gasteiger partial charge >= 0.3 is 0 Å². The van der Waals surface area contributed by atoms with Crippen molar-refractivity contribution in [2.24, 2.45) is 11.7 Å². The molecule has 4 heterocycles. The highest BCUT2D eigenvalue weighted by atomic mass is 16.5. The number of piperidine rings is 1. The average Bonchev–Trinajstić information content (AvgIpc) is 3.50. The second-order valence-electron chi connectivity index (χ2n) is 9.14. The molecule has 2 aliphatic rings. The Bertz CT molecular complexity index is 1100. The maximum Gasteiger partial charge on any atom is 0.244 e. The van der Waals surface area contributed by atoms with Gasteiger partial charge in [0, 0.05) is 37.3 Å². The summed E-state index contributed by atoms with van der Waals surface area (Å²) >= 11 is 0. The van der Waals surface area contributed by atoms with Crippen molar-refractivity contribution in [2.75, 3.05) is 24.5 Å².